The molecule has 34 heavy (non-hydrogen) atoms. The predicted molar refractivity (Wildman–Crippen MR) is 122 cm³/mol. The summed E-state index contributed by atoms with van der Waals surface area (Å²) in [6, 6.07) is -0.861. The van der Waals surface area contributed by atoms with Gasteiger partial charge in [0.25, 0.3) is 0 Å². The molecule has 8 atom stereocenters. The van der Waals surface area contributed by atoms with Gasteiger partial charge in [-0.05, 0) is 48.9 Å². The van der Waals surface area contributed by atoms with E-state index >= 15 is 0 Å². The van der Waals surface area contributed by atoms with E-state index in [2.05, 4.69) is 0 Å². The fraction of sp³-hybridized carbons (Fsp3) is 0.846. The highest BCUT2D eigenvalue weighted by Gasteiger charge is 2.61. The number of ether oxygens (including phenoxy) is 1. The number of amides is 1. The number of Topliss-reactive ketones (excluding diaryl/α,β-unsaturated/α-hetero) is 1. The third-order valence-corrected chi connectivity index (χ3v) is 8.79. The minimum atomic E-state index is -1.05. The Balaban J connectivity index is 1.44. The Bertz CT molecular complexity index is 854. The van der Waals surface area contributed by atoms with Gasteiger partial charge in [0.1, 0.15) is 6.10 Å². The highest BCUT2D eigenvalue weighted by molar-refractivity contribution is 5.95. The topological polar surface area (TPSA) is 121 Å². The number of nitrogens with zero attached hydrogens (tertiary/aromatic N) is 1. The van der Waals surface area contributed by atoms with Gasteiger partial charge in [-0.2, -0.15) is 0 Å². The minimum Gasteiger partial charge on any atom is -0.481 e. The van der Waals surface area contributed by atoms with E-state index in [0.717, 1.165) is 12.8 Å². The number of rotatable bonds is 9. The first-order chi connectivity index (χ1) is 15.9. The summed E-state index contributed by atoms with van der Waals surface area (Å²) < 4.78 is 5.68. The molecule has 4 aliphatic rings. The van der Waals surface area contributed by atoms with Crippen molar-refractivity contribution in [3.8, 4) is 0 Å². The van der Waals surface area contributed by atoms with Crippen LogP contribution in [0.1, 0.15) is 79.1 Å². The highest BCUT2D eigenvalue weighted by Crippen LogP contribution is 2.57. The Hall–Kier alpha value is -1.96. The molecule has 190 valence electrons. The number of likely N-dealkylation sites (tertiary alicyclic amines) is 1. The van der Waals surface area contributed by atoms with E-state index in [4.69, 9.17) is 4.74 Å². The Morgan fingerprint density at radius 3 is 2.26 bits per heavy atom. The van der Waals surface area contributed by atoms with Crippen molar-refractivity contribution in [2.45, 2.75) is 97.3 Å². The first-order valence-electron chi connectivity index (χ1n) is 12.8. The summed E-state index contributed by atoms with van der Waals surface area (Å²) in [4.78, 5) is 52.9. The Morgan fingerprint density at radius 1 is 1.09 bits per heavy atom. The fourth-order valence-electron chi connectivity index (χ4n) is 6.38. The van der Waals surface area contributed by atoms with Gasteiger partial charge in [0.05, 0.1) is 29.9 Å². The second kappa shape index (κ2) is 8.92. The molecule has 8 nitrogen and oxygen atoms in total. The normalized spacial score (nSPS) is 37.1. The van der Waals surface area contributed by atoms with E-state index < -0.39 is 40.8 Å². The lowest BCUT2D eigenvalue weighted by Crippen LogP contribution is -2.48. The Labute approximate surface area is 201 Å². The number of carbonyl (C=O) groups excluding carboxylic acids is 3. The van der Waals surface area contributed by atoms with Gasteiger partial charge in [0.15, 0.2) is 5.78 Å². The van der Waals surface area contributed by atoms with Gasteiger partial charge in [0, 0.05) is 19.4 Å². The molecule has 8 heteroatoms. The largest absolute Gasteiger partial charge is 0.481 e. The first kappa shape index (κ1) is 25.1. The van der Waals surface area contributed by atoms with Crippen LogP contribution >= 0.6 is 0 Å². The number of carboxylic acid groups (broad SMARTS) is 1. The van der Waals surface area contributed by atoms with Crippen molar-refractivity contribution in [2.75, 3.05) is 6.54 Å². The SMILES string of the molecule is CC[C@@H]1C[C@]1(CC(=O)[C@@H]1C[C@@H](O)CN1C(=O)[C@@H](CC(=O)OC1C[C@@H]2C[C@@H]2C1)C(C)(C)C)C(=O)O. The smallest absolute Gasteiger partial charge is 0.310 e. The molecule has 2 N–H and O–H groups in total. The van der Waals surface area contributed by atoms with Gasteiger partial charge in [-0.25, -0.2) is 0 Å². The lowest BCUT2D eigenvalue weighted by molar-refractivity contribution is -0.157. The summed E-state index contributed by atoms with van der Waals surface area (Å²) in [5.74, 6) is -1.39. The average Bonchev–Trinajstić information content (AvgIpc) is 3.56. The standard InChI is InChI=1S/C26H39NO7/c1-5-16-11-26(16,24(32)33)12-21(29)20-9-17(28)13-27(20)23(31)19(25(2,3)4)10-22(30)34-18-7-14-6-15(14)8-18/h14-20,28H,5-13H2,1-4H3,(H,32,33)/t14-,15+,16-,17-,18?,19-,20+,26-/m1/s1. The molecule has 0 aromatic heterocycles. The number of carbonyl (C=O) groups is 4. The number of aliphatic hydroxyl groups excluding tert-OH is 1. The minimum absolute atomic E-state index is 0.0140. The zero-order chi connectivity index (χ0) is 25.0. The number of aliphatic hydroxyl groups is 1. The maximum Gasteiger partial charge on any atom is 0.310 e. The number of esters is 1. The molecule has 1 saturated heterocycles. The van der Waals surface area contributed by atoms with E-state index in [1.807, 2.05) is 27.7 Å². The summed E-state index contributed by atoms with van der Waals surface area (Å²) in [6.45, 7) is 7.57. The molecular weight excluding hydrogens is 438 g/mol. The van der Waals surface area contributed by atoms with Gasteiger partial charge < -0.3 is 19.8 Å². The quantitative estimate of drug-likeness (QED) is 0.490. The predicted octanol–water partition coefficient (Wildman–Crippen LogP) is 2.80. The molecule has 0 spiro atoms. The van der Waals surface area contributed by atoms with E-state index in [9.17, 15) is 29.4 Å². The van der Waals surface area contributed by atoms with Crippen LogP contribution in [0, 0.1) is 34.5 Å². The fourth-order valence-corrected chi connectivity index (χ4v) is 6.38. The number of aliphatic carboxylic acids is 1. The van der Waals surface area contributed by atoms with Crippen LogP contribution in [-0.2, 0) is 23.9 Å². The van der Waals surface area contributed by atoms with E-state index in [1.54, 1.807) is 0 Å². The van der Waals surface area contributed by atoms with Gasteiger partial charge in [-0.1, -0.05) is 34.1 Å². The number of hydrogen-bond acceptors (Lipinski definition) is 6. The second-order valence-electron chi connectivity index (χ2n) is 12.3. The third-order valence-electron chi connectivity index (χ3n) is 8.79. The summed E-state index contributed by atoms with van der Waals surface area (Å²) in [5, 5.41) is 20.0. The Morgan fingerprint density at radius 2 is 1.74 bits per heavy atom. The zero-order valence-corrected chi connectivity index (χ0v) is 20.8. The van der Waals surface area contributed by atoms with Gasteiger partial charge in [-0.15, -0.1) is 0 Å². The zero-order valence-electron chi connectivity index (χ0n) is 20.8. The van der Waals surface area contributed by atoms with Gasteiger partial charge >= 0.3 is 11.9 Å². The molecular formula is C26H39NO7. The van der Waals surface area contributed by atoms with Crippen molar-refractivity contribution in [1.82, 2.24) is 4.90 Å². The number of ketones is 1. The molecule has 3 saturated carbocycles. The number of hydrogen-bond donors (Lipinski definition) is 2. The molecule has 1 unspecified atom stereocenters. The molecule has 0 aromatic carbocycles. The van der Waals surface area contributed by atoms with Crippen molar-refractivity contribution in [3.63, 3.8) is 0 Å². The van der Waals surface area contributed by atoms with Crippen molar-refractivity contribution < 1.29 is 34.1 Å². The number of fused-ring (bicyclic) bond motifs is 1. The molecule has 0 aromatic rings. The summed E-state index contributed by atoms with van der Waals surface area (Å²) in [6.07, 6.45) is 3.18. The molecule has 4 rings (SSSR count). The van der Waals surface area contributed by atoms with Crippen LogP contribution < -0.4 is 0 Å². The molecule has 0 bridgehead atoms. The van der Waals surface area contributed by atoms with Crippen molar-refractivity contribution in [2.24, 2.45) is 34.5 Å². The third kappa shape index (κ3) is 4.88. The summed E-state index contributed by atoms with van der Waals surface area (Å²) in [7, 11) is 0. The maximum atomic E-state index is 13.7. The molecule has 0 radical (unpaired) electrons. The van der Waals surface area contributed by atoms with Crippen LogP contribution in [-0.4, -0.2) is 63.5 Å². The van der Waals surface area contributed by atoms with Crippen LogP contribution in [0.3, 0.4) is 0 Å². The van der Waals surface area contributed by atoms with Crippen LogP contribution in [0.4, 0.5) is 0 Å². The van der Waals surface area contributed by atoms with Gasteiger partial charge in [-0.3, -0.25) is 19.2 Å². The molecule has 4 fully saturated rings. The van der Waals surface area contributed by atoms with Crippen molar-refractivity contribution >= 4 is 23.6 Å². The average molecular weight is 478 g/mol. The van der Waals surface area contributed by atoms with Crippen LogP contribution in [0.2, 0.25) is 0 Å². The first-order valence-corrected chi connectivity index (χ1v) is 12.8. The van der Waals surface area contributed by atoms with E-state index in [-0.39, 0.29) is 49.5 Å². The number of β-amino-alcohol motifs (C(OH)–C–C–N with tert-alkyl or cyclic N) is 1. The van der Waals surface area contributed by atoms with E-state index in [0.29, 0.717) is 24.7 Å². The van der Waals surface area contributed by atoms with E-state index in [1.165, 1.54) is 11.3 Å². The summed E-state index contributed by atoms with van der Waals surface area (Å²) >= 11 is 0. The van der Waals surface area contributed by atoms with Crippen molar-refractivity contribution in [3.05, 3.63) is 0 Å². The number of carboxylic acids is 1. The lowest BCUT2D eigenvalue weighted by Gasteiger charge is -2.35. The maximum absolute atomic E-state index is 13.7. The summed E-state index contributed by atoms with van der Waals surface area (Å²) in [5.41, 5.74) is -1.61. The van der Waals surface area contributed by atoms with Crippen LogP contribution in [0.25, 0.3) is 0 Å². The molecule has 1 aliphatic heterocycles. The second-order valence-corrected chi connectivity index (χ2v) is 12.3. The highest BCUT2D eigenvalue weighted by atomic mass is 16.5. The van der Waals surface area contributed by atoms with Crippen molar-refractivity contribution in [1.29, 1.82) is 0 Å². The lowest BCUT2D eigenvalue weighted by atomic mass is 9.77. The van der Waals surface area contributed by atoms with Gasteiger partial charge in [0.2, 0.25) is 5.91 Å². The monoisotopic (exact) mass is 477 g/mol. The van der Waals surface area contributed by atoms with Crippen LogP contribution in [0.15, 0.2) is 0 Å². The Kier molecular flexibility index (Phi) is 6.60. The van der Waals surface area contributed by atoms with Crippen LogP contribution in [0.5, 0.6) is 0 Å². The molecule has 3 aliphatic carbocycles. The molecule has 1 heterocycles. The molecule has 1 amide bonds.